The Labute approximate surface area is 198 Å². The van der Waals surface area contributed by atoms with E-state index in [4.69, 9.17) is 0 Å². The summed E-state index contributed by atoms with van der Waals surface area (Å²) in [5.74, 6) is -0.824. The first kappa shape index (κ1) is 23.4. The van der Waals surface area contributed by atoms with Crippen LogP contribution in [0.4, 0.5) is 17.1 Å². The van der Waals surface area contributed by atoms with E-state index in [-0.39, 0.29) is 23.0 Å². The lowest BCUT2D eigenvalue weighted by Gasteiger charge is -2.35. The van der Waals surface area contributed by atoms with Crippen LogP contribution in [0.1, 0.15) is 26.3 Å². The Morgan fingerprint density at radius 2 is 1.56 bits per heavy atom. The minimum Gasteiger partial charge on any atom is -0.369 e. The van der Waals surface area contributed by atoms with Crippen molar-refractivity contribution in [3.05, 3.63) is 69.9 Å². The number of nitrogens with one attached hydrogen (secondary N) is 1. The maximum absolute atomic E-state index is 13.2. The third-order valence-electron chi connectivity index (χ3n) is 6.32. The van der Waals surface area contributed by atoms with Gasteiger partial charge in [-0.1, -0.05) is 6.92 Å². The average Bonchev–Trinajstić information content (AvgIpc) is 3.08. The second-order valence-electron chi connectivity index (χ2n) is 8.72. The zero-order valence-electron chi connectivity index (χ0n) is 19.7. The minimum absolute atomic E-state index is 0.0771. The SMILES string of the molecule is CCN1CCN(c2ccc(NC3=C(c4ccc([N+](=O)[O-])cc4)C(=O)N(C(C)C)C3=O)cc2)CC1. The Kier molecular flexibility index (Phi) is 6.65. The van der Waals surface area contributed by atoms with E-state index in [2.05, 4.69) is 22.0 Å². The topological polar surface area (TPSA) is 99.0 Å². The summed E-state index contributed by atoms with van der Waals surface area (Å²) in [4.78, 5) is 42.8. The molecule has 0 saturated carbocycles. The molecule has 2 aliphatic rings. The van der Waals surface area contributed by atoms with Crippen LogP contribution >= 0.6 is 0 Å². The Morgan fingerprint density at radius 3 is 2.09 bits per heavy atom. The third kappa shape index (κ3) is 4.51. The van der Waals surface area contributed by atoms with Gasteiger partial charge in [-0.15, -0.1) is 0 Å². The minimum atomic E-state index is -0.497. The number of imide groups is 1. The molecular formula is C25H29N5O4. The number of carbonyl (C=O) groups is 2. The van der Waals surface area contributed by atoms with Crippen molar-refractivity contribution >= 4 is 34.4 Å². The van der Waals surface area contributed by atoms with Crippen molar-refractivity contribution in [3.8, 4) is 0 Å². The number of nitrogens with zero attached hydrogens (tertiary/aromatic N) is 4. The number of likely N-dealkylation sites (N-methyl/N-ethyl adjacent to an activating group) is 1. The van der Waals surface area contributed by atoms with E-state index in [0.29, 0.717) is 11.3 Å². The van der Waals surface area contributed by atoms with E-state index in [0.717, 1.165) is 38.4 Å². The van der Waals surface area contributed by atoms with Gasteiger partial charge < -0.3 is 15.1 Å². The van der Waals surface area contributed by atoms with E-state index in [1.807, 2.05) is 24.3 Å². The van der Waals surface area contributed by atoms with E-state index >= 15 is 0 Å². The lowest BCUT2D eigenvalue weighted by molar-refractivity contribution is -0.384. The molecule has 2 aromatic carbocycles. The van der Waals surface area contributed by atoms with Crippen molar-refractivity contribution in [2.75, 3.05) is 42.9 Å². The number of benzene rings is 2. The fourth-order valence-electron chi connectivity index (χ4n) is 4.37. The molecule has 2 aromatic rings. The first-order valence-electron chi connectivity index (χ1n) is 11.5. The number of carbonyl (C=O) groups excluding carboxylic acids is 2. The highest BCUT2D eigenvalue weighted by Gasteiger charge is 2.40. The second-order valence-corrected chi connectivity index (χ2v) is 8.72. The molecule has 34 heavy (non-hydrogen) atoms. The molecule has 178 valence electrons. The first-order valence-corrected chi connectivity index (χ1v) is 11.5. The van der Waals surface area contributed by atoms with Gasteiger partial charge in [-0.3, -0.25) is 24.6 Å². The molecule has 0 unspecified atom stereocenters. The number of anilines is 2. The standard InChI is InChI=1S/C25H29N5O4/c1-4-27-13-15-28(16-14-27)20-11-7-19(8-12-20)26-23-22(24(31)29(17(2)3)25(23)32)18-5-9-21(10-6-18)30(33)34/h5-12,17,26H,4,13-16H2,1-3H3. The molecule has 0 aromatic heterocycles. The number of amides is 2. The van der Waals surface area contributed by atoms with Crippen molar-refractivity contribution in [1.29, 1.82) is 0 Å². The summed E-state index contributed by atoms with van der Waals surface area (Å²) in [5, 5.41) is 14.2. The van der Waals surface area contributed by atoms with Gasteiger partial charge in [0.05, 0.1) is 10.5 Å². The van der Waals surface area contributed by atoms with E-state index in [1.165, 1.54) is 29.2 Å². The van der Waals surface area contributed by atoms with Crippen LogP contribution in [0.3, 0.4) is 0 Å². The summed E-state index contributed by atoms with van der Waals surface area (Å²) >= 11 is 0. The summed E-state index contributed by atoms with van der Waals surface area (Å²) in [7, 11) is 0. The summed E-state index contributed by atoms with van der Waals surface area (Å²) < 4.78 is 0. The Morgan fingerprint density at radius 1 is 0.941 bits per heavy atom. The zero-order chi connectivity index (χ0) is 24.4. The van der Waals surface area contributed by atoms with Crippen molar-refractivity contribution in [3.63, 3.8) is 0 Å². The summed E-state index contributed by atoms with van der Waals surface area (Å²) in [6.45, 7) is 10.8. The van der Waals surface area contributed by atoms with Crippen molar-refractivity contribution in [2.45, 2.75) is 26.8 Å². The Bertz CT molecular complexity index is 1120. The highest BCUT2D eigenvalue weighted by atomic mass is 16.6. The largest absolute Gasteiger partial charge is 0.369 e. The van der Waals surface area contributed by atoms with Crippen LogP contribution in [0, 0.1) is 10.1 Å². The number of piperazine rings is 1. The van der Waals surface area contributed by atoms with Crippen molar-refractivity contribution in [1.82, 2.24) is 9.80 Å². The molecular weight excluding hydrogens is 434 g/mol. The summed E-state index contributed by atoms with van der Waals surface area (Å²) in [5.41, 5.74) is 2.58. The molecule has 0 bridgehead atoms. The predicted molar refractivity (Wildman–Crippen MR) is 131 cm³/mol. The van der Waals surface area contributed by atoms with E-state index < -0.39 is 16.7 Å². The summed E-state index contributed by atoms with van der Waals surface area (Å²) in [6, 6.07) is 13.2. The van der Waals surface area contributed by atoms with Gasteiger partial charge in [0.25, 0.3) is 17.5 Å². The van der Waals surface area contributed by atoms with Gasteiger partial charge in [0.1, 0.15) is 5.70 Å². The second kappa shape index (κ2) is 9.64. The number of nitro groups is 1. The van der Waals surface area contributed by atoms with Gasteiger partial charge in [-0.05, 0) is 62.4 Å². The van der Waals surface area contributed by atoms with Crippen LogP contribution in [0.15, 0.2) is 54.2 Å². The molecule has 1 saturated heterocycles. The number of hydrogen-bond acceptors (Lipinski definition) is 7. The normalized spacial score (nSPS) is 17.2. The molecule has 0 spiro atoms. The van der Waals surface area contributed by atoms with Crippen molar-refractivity contribution in [2.24, 2.45) is 0 Å². The van der Waals surface area contributed by atoms with Crippen LogP contribution in [0.5, 0.6) is 0 Å². The highest BCUT2D eigenvalue weighted by Crippen LogP contribution is 2.33. The molecule has 0 radical (unpaired) electrons. The lowest BCUT2D eigenvalue weighted by Crippen LogP contribution is -2.46. The van der Waals surface area contributed by atoms with Crippen LogP contribution in [0.2, 0.25) is 0 Å². The lowest BCUT2D eigenvalue weighted by atomic mass is 10.0. The number of rotatable bonds is 7. The van der Waals surface area contributed by atoms with Crippen LogP contribution in [-0.4, -0.2) is 65.3 Å². The molecule has 0 atom stereocenters. The van der Waals surface area contributed by atoms with Gasteiger partial charge in [0.2, 0.25) is 0 Å². The average molecular weight is 464 g/mol. The van der Waals surface area contributed by atoms with Gasteiger partial charge in [0.15, 0.2) is 0 Å². The zero-order valence-corrected chi connectivity index (χ0v) is 19.7. The molecule has 1 N–H and O–H groups in total. The third-order valence-corrected chi connectivity index (χ3v) is 6.32. The smallest absolute Gasteiger partial charge is 0.278 e. The Hall–Kier alpha value is -3.72. The fourth-order valence-corrected chi connectivity index (χ4v) is 4.37. The maximum Gasteiger partial charge on any atom is 0.278 e. The highest BCUT2D eigenvalue weighted by molar-refractivity contribution is 6.36. The van der Waals surface area contributed by atoms with Crippen LogP contribution < -0.4 is 10.2 Å². The molecule has 0 aliphatic carbocycles. The Balaban J connectivity index is 1.61. The quantitative estimate of drug-likeness (QED) is 0.382. The molecule has 4 rings (SSSR count). The van der Waals surface area contributed by atoms with Gasteiger partial charge in [-0.2, -0.15) is 0 Å². The first-order chi connectivity index (χ1) is 16.3. The molecule has 9 nitrogen and oxygen atoms in total. The number of nitro benzene ring substituents is 1. The number of non-ortho nitro benzene ring substituents is 1. The fraction of sp³-hybridized carbons (Fsp3) is 0.360. The predicted octanol–water partition coefficient (Wildman–Crippen LogP) is 3.34. The molecule has 9 heteroatoms. The van der Waals surface area contributed by atoms with Crippen LogP contribution in [0.25, 0.3) is 5.57 Å². The van der Waals surface area contributed by atoms with Gasteiger partial charge in [-0.25, -0.2) is 0 Å². The number of hydrogen-bond donors (Lipinski definition) is 1. The van der Waals surface area contributed by atoms with Crippen LogP contribution in [-0.2, 0) is 9.59 Å². The van der Waals surface area contributed by atoms with E-state index in [1.54, 1.807) is 13.8 Å². The summed E-state index contributed by atoms with van der Waals surface area (Å²) in [6.07, 6.45) is 0. The van der Waals surface area contributed by atoms with Gasteiger partial charge >= 0.3 is 0 Å². The molecule has 1 fully saturated rings. The molecule has 2 aliphatic heterocycles. The maximum atomic E-state index is 13.2. The monoisotopic (exact) mass is 463 g/mol. The van der Waals surface area contributed by atoms with Crippen molar-refractivity contribution < 1.29 is 14.5 Å². The van der Waals surface area contributed by atoms with Gasteiger partial charge in [0, 0.05) is 55.7 Å². The molecule has 2 amide bonds. The molecule has 2 heterocycles. The van der Waals surface area contributed by atoms with E-state index in [9.17, 15) is 19.7 Å².